The fourth-order valence-electron chi connectivity index (χ4n) is 2.22. The number of nitrogens with zero attached hydrogens (tertiary/aromatic N) is 2. The highest BCUT2D eigenvalue weighted by Crippen LogP contribution is 2.26. The smallest absolute Gasteiger partial charge is 0.334 e. The summed E-state index contributed by atoms with van der Waals surface area (Å²) in [5, 5.41) is 16.2. The highest BCUT2D eigenvalue weighted by Gasteiger charge is 2.40. The molecule has 0 saturated heterocycles. The van der Waals surface area contributed by atoms with E-state index in [9.17, 15) is 14.7 Å². The number of carbonyl (C=O) groups is 2. The molecule has 0 fully saturated rings. The van der Waals surface area contributed by atoms with Gasteiger partial charge in [0.05, 0.1) is 11.8 Å². The number of benzene rings is 1. The Kier molecular flexibility index (Phi) is 4.07. The lowest BCUT2D eigenvalue weighted by Gasteiger charge is -2.29. The third-order valence-electron chi connectivity index (χ3n) is 3.46. The molecule has 0 saturated carbocycles. The average molecular weight is 287 g/mol. The maximum atomic E-state index is 12.3. The molecule has 1 aromatic carbocycles. The van der Waals surface area contributed by atoms with Crippen LogP contribution in [0.4, 0.5) is 0 Å². The molecule has 1 heterocycles. The summed E-state index contributed by atoms with van der Waals surface area (Å²) in [4.78, 5) is 24.1. The Hall–Kier alpha value is -2.63. The van der Waals surface area contributed by atoms with Crippen molar-refractivity contribution in [2.45, 2.75) is 18.9 Å². The van der Waals surface area contributed by atoms with Gasteiger partial charge in [0.25, 0.3) is 5.91 Å². The summed E-state index contributed by atoms with van der Waals surface area (Å²) in [5.41, 5.74) is -0.585. The molecule has 2 N–H and O–H groups in total. The lowest BCUT2D eigenvalue weighted by molar-refractivity contribution is -0.145. The molecule has 2 aromatic rings. The average Bonchev–Trinajstić information content (AvgIpc) is 2.92. The van der Waals surface area contributed by atoms with Crippen LogP contribution in [-0.2, 0) is 17.4 Å². The summed E-state index contributed by atoms with van der Waals surface area (Å²) in [5.74, 6) is -1.55. The summed E-state index contributed by atoms with van der Waals surface area (Å²) in [7, 11) is 1.69. The van der Waals surface area contributed by atoms with Gasteiger partial charge in [-0.05, 0) is 12.0 Å². The van der Waals surface area contributed by atoms with Gasteiger partial charge in [0, 0.05) is 13.2 Å². The van der Waals surface area contributed by atoms with Gasteiger partial charge >= 0.3 is 5.97 Å². The Morgan fingerprint density at radius 3 is 2.48 bits per heavy atom. The van der Waals surface area contributed by atoms with Crippen LogP contribution in [0.1, 0.15) is 29.3 Å². The zero-order valence-corrected chi connectivity index (χ0v) is 11.9. The van der Waals surface area contributed by atoms with Crippen molar-refractivity contribution in [2.24, 2.45) is 7.05 Å². The number of amides is 1. The molecule has 6 heteroatoms. The molecule has 0 radical (unpaired) electrons. The van der Waals surface area contributed by atoms with E-state index in [0.717, 1.165) is 0 Å². The summed E-state index contributed by atoms with van der Waals surface area (Å²) < 4.78 is 1.49. The maximum absolute atomic E-state index is 12.3. The summed E-state index contributed by atoms with van der Waals surface area (Å²) in [6.07, 6.45) is 3.18. The van der Waals surface area contributed by atoms with Crippen LogP contribution >= 0.6 is 0 Å². The van der Waals surface area contributed by atoms with Crippen molar-refractivity contribution in [2.75, 3.05) is 0 Å². The number of carboxylic acids is 1. The monoisotopic (exact) mass is 287 g/mol. The fraction of sp³-hybridized carbons (Fsp3) is 0.267. The van der Waals surface area contributed by atoms with Crippen molar-refractivity contribution in [1.82, 2.24) is 15.1 Å². The summed E-state index contributed by atoms with van der Waals surface area (Å²) in [6.45, 7) is 1.73. The first-order valence-electron chi connectivity index (χ1n) is 6.59. The lowest BCUT2D eigenvalue weighted by Crippen LogP contribution is -2.51. The number of aromatic nitrogens is 2. The van der Waals surface area contributed by atoms with E-state index in [2.05, 4.69) is 10.4 Å². The minimum Gasteiger partial charge on any atom is -0.479 e. The second-order valence-corrected chi connectivity index (χ2v) is 4.79. The van der Waals surface area contributed by atoms with E-state index in [4.69, 9.17) is 0 Å². The molecule has 21 heavy (non-hydrogen) atoms. The maximum Gasteiger partial charge on any atom is 0.334 e. The van der Waals surface area contributed by atoms with Gasteiger partial charge in [-0.2, -0.15) is 5.10 Å². The molecule has 110 valence electrons. The molecule has 2 rings (SSSR count). The number of rotatable bonds is 5. The molecule has 1 aromatic heterocycles. The number of aryl methyl sites for hydroxylation is 1. The van der Waals surface area contributed by atoms with E-state index in [1.54, 1.807) is 50.5 Å². The lowest BCUT2D eigenvalue weighted by atomic mass is 9.87. The van der Waals surface area contributed by atoms with Crippen molar-refractivity contribution in [3.05, 3.63) is 53.9 Å². The zero-order chi connectivity index (χ0) is 15.5. The topological polar surface area (TPSA) is 84.2 Å². The van der Waals surface area contributed by atoms with Crippen molar-refractivity contribution >= 4 is 11.9 Å². The molecule has 0 aliphatic heterocycles. The molecule has 0 bridgehead atoms. The molecule has 1 unspecified atom stereocenters. The largest absolute Gasteiger partial charge is 0.479 e. The molecule has 0 aliphatic carbocycles. The highest BCUT2D eigenvalue weighted by atomic mass is 16.4. The van der Waals surface area contributed by atoms with E-state index in [0.29, 0.717) is 11.1 Å². The number of nitrogens with one attached hydrogen (secondary N) is 1. The molecular weight excluding hydrogens is 270 g/mol. The molecular formula is C15H17N3O3. The first-order valence-corrected chi connectivity index (χ1v) is 6.59. The van der Waals surface area contributed by atoms with Gasteiger partial charge in [-0.1, -0.05) is 37.3 Å². The molecule has 1 atom stereocenters. The molecule has 0 aliphatic rings. The van der Waals surface area contributed by atoms with Crippen LogP contribution in [0.2, 0.25) is 0 Å². The van der Waals surface area contributed by atoms with E-state index in [1.807, 2.05) is 0 Å². The van der Waals surface area contributed by atoms with Crippen molar-refractivity contribution in [3.8, 4) is 0 Å². The Bertz CT molecular complexity index is 651. The van der Waals surface area contributed by atoms with Crippen LogP contribution in [0, 0.1) is 0 Å². The SMILES string of the molecule is CCC(NC(=O)c1cnn(C)c1)(C(=O)O)c1ccccc1. The second-order valence-electron chi connectivity index (χ2n) is 4.79. The van der Waals surface area contributed by atoms with E-state index in [-0.39, 0.29) is 6.42 Å². The van der Waals surface area contributed by atoms with Gasteiger partial charge < -0.3 is 10.4 Å². The van der Waals surface area contributed by atoms with Crippen LogP contribution in [0.25, 0.3) is 0 Å². The number of hydrogen-bond acceptors (Lipinski definition) is 3. The van der Waals surface area contributed by atoms with E-state index >= 15 is 0 Å². The van der Waals surface area contributed by atoms with Gasteiger partial charge in [-0.25, -0.2) is 4.79 Å². The van der Waals surface area contributed by atoms with Gasteiger partial charge in [0.2, 0.25) is 0 Å². The van der Waals surface area contributed by atoms with Crippen molar-refractivity contribution in [3.63, 3.8) is 0 Å². The Morgan fingerprint density at radius 2 is 2.00 bits per heavy atom. The van der Waals surface area contributed by atoms with Crippen LogP contribution in [-0.4, -0.2) is 26.8 Å². The van der Waals surface area contributed by atoms with Gasteiger partial charge in [-0.15, -0.1) is 0 Å². The van der Waals surface area contributed by atoms with Gasteiger partial charge in [0.15, 0.2) is 5.54 Å². The zero-order valence-electron chi connectivity index (χ0n) is 11.9. The quantitative estimate of drug-likeness (QED) is 0.873. The first kappa shape index (κ1) is 14.8. The number of aliphatic carboxylic acids is 1. The van der Waals surface area contributed by atoms with Crippen molar-refractivity contribution < 1.29 is 14.7 Å². The Balaban J connectivity index is 2.38. The van der Waals surface area contributed by atoms with Crippen LogP contribution in [0.3, 0.4) is 0 Å². The van der Waals surface area contributed by atoms with E-state index < -0.39 is 17.4 Å². The molecule has 0 spiro atoms. The van der Waals surface area contributed by atoms with Crippen molar-refractivity contribution in [1.29, 1.82) is 0 Å². The highest BCUT2D eigenvalue weighted by molar-refractivity contribution is 5.97. The van der Waals surface area contributed by atoms with Gasteiger partial charge in [-0.3, -0.25) is 9.48 Å². The van der Waals surface area contributed by atoms with Crippen LogP contribution in [0.15, 0.2) is 42.7 Å². The number of carboxylic acid groups (broad SMARTS) is 1. The fourth-order valence-corrected chi connectivity index (χ4v) is 2.22. The number of hydrogen-bond donors (Lipinski definition) is 2. The minimum absolute atomic E-state index is 0.234. The second kappa shape index (κ2) is 5.78. The number of carbonyl (C=O) groups excluding carboxylic acids is 1. The first-order chi connectivity index (χ1) is 9.99. The molecule has 6 nitrogen and oxygen atoms in total. The van der Waals surface area contributed by atoms with E-state index in [1.165, 1.54) is 10.9 Å². The van der Waals surface area contributed by atoms with Gasteiger partial charge in [0.1, 0.15) is 0 Å². The standard InChI is InChI=1S/C15H17N3O3/c1-3-15(14(20)21,12-7-5-4-6-8-12)17-13(19)11-9-16-18(2)10-11/h4-10H,3H2,1-2H3,(H,17,19)(H,20,21). The van der Waals surface area contributed by atoms with Crippen LogP contribution < -0.4 is 5.32 Å². The normalized spacial score (nSPS) is 13.4. The predicted molar refractivity (Wildman–Crippen MR) is 76.7 cm³/mol. The Labute approximate surface area is 122 Å². The third-order valence-corrected chi connectivity index (χ3v) is 3.46. The molecule has 1 amide bonds. The Morgan fingerprint density at radius 1 is 1.33 bits per heavy atom. The third kappa shape index (κ3) is 2.79. The van der Waals surface area contributed by atoms with Crippen LogP contribution in [0.5, 0.6) is 0 Å². The predicted octanol–water partition coefficient (Wildman–Crippen LogP) is 1.54. The summed E-state index contributed by atoms with van der Waals surface area (Å²) in [6, 6.07) is 8.69. The minimum atomic E-state index is -1.45. The summed E-state index contributed by atoms with van der Waals surface area (Å²) >= 11 is 0.